The van der Waals surface area contributed by atoms with E-state index in [0.29, 0.717) is 24.7 Å². The number of carbonyl (C=O) groups excluding carboxylic acids is 1. The predicted molar refractivity (Wildman–Crippen MR) is 93.5 cm³/mol. The van der Waals surface area contributed by atoms with Crippen molar-refractivity contribution in [3.63, 3.8) is 0 Å². The highest BCUT2D eigenvalue weighted by atomic mass is 16.5. The molecular formula is C18H22N4O3. The molecule has 132 valence electrons. The van der Waals surface area contributed by atoms with Gasteiger partial charge in [0.25, 0.3) is 5.91 Å². The van der Waals surface area contributed by atoms with Crippen LogP contribution in [-0.2, 0) is 11.3 Å². The average Bonchev–Trinajstić information content (AvgIpc) is 3.17. The molecule has 3 aromatic rings. The molecule has 7 heteroatoms. The van der Waals surface area contributed by atoms with Gasteiger partial charge >= 0.3 is 0 Å². The molecule has 1 N–H and O–H groups in total. The van der Waals surface area contributed by atoms with E-state index in [1.807, 2.05) is 43.5 Å². The minimum atomic E-state index is -0.304. The molecule has 2 aromatic heterocycles. The van der Waals surface area contributed by atoms with Crippen LogP contribution in [0.5, 0.6) is 0 Å². The van der Waals surface area contributed by atoms with Crippen molar-refractivity contribution in [1.82, 2.24) is 20.1 Å². The van der Waals surface area contributed by atoms with Crippen LogP contribution in [-0.4, -0.2) is 34.4 Å². The highest BCUT2D eigenvalue weighted by Crippen LogP contribution is 2.26. The van der Waals surface area contributed by atoms with Crippen molar-refractivity contribution in [1.29, 1.82) is 0 Å². The lowest BCUT2D eigenvalue weighted by Gasteiger charge is -2.14. The highest BCUT2D eigenvalue weighted by molar-refractivity contribution is 5.99. The zero-order valence-electron chi connectivity index (χ0n) is 14.9. The van der Waals surface area contributed by atoms with Gasteiger partial charge in [-0.25, -0.2) is 0 Å². The van der Waals surface area contributed by atoms with E-state index in [-0.39, 0.29) is 11.9 Å². The zero-order valence-corrected chi connectivity index (χ0v) is 14.9. The normalized spacial score (nSPS) is 12.5. The quantitative estimate of drug-likeness (QED) is 0.745. The summed E-state index contributed by atoms with van der Waals surface area (Å²) in [6.07, 6.45) is 1.63. The number of ether oxygens (including phenoxy) is 1. The van der Waals surface area contributed by atoms with Crippen molar-refractivity contribution < 1.29 is 13.9 Å². The number of fused-ring (bicyclic) bond motifs is 1. The van der Waals surface area contributed by atoms with Gasteiger partial charge in [0.05, 0.1) is 12.6 Å². The first kappa shape index (κ1) is 17.2. The lowest BCUT2D eigenvalue weighted by Crippen LogP contribution is -2.29. The molecule has 7 nitrogen and oxygen atoms in total. The Morgan fingerprint density at radius 2 is 2.20 bits per heavy atom. The van der Waals surface area contributed by atoms with Crippen LogP contribution in [0.4, 0.5) is 0 Å². The number of aromatic nitrogens is 3. The van der Waals surface area contributed by atoms with Crippen molar-refractivity contribution >= 4 is 16.9 Å². The molecule has 3 rings (SSSR count). The van der Waals surface area contributed by atoms with Gasteiger partial charge in [-0.3, -0.25) is 4.79 Å². The van der Waals surface area contributed by atoms with E-state index >= 15 is 0 Å². The number of amides is 1. The molecule has 1 aromatic carbocycles. The first-order valence-electron chi connectivity index (χ1n) is 8.18. The summed E-state index contributed by atoms with van der Waals surface area (Å²) in [6.45, 7) is 6.93. The van der Waals surface area contributed by atoms with E-state index in [9.17, 15) is 4.79 Å². The molecule has 0 aliphatic rings. The van der Waals surface area contributed by atoms with E-state index in [1.165, 1.54) is 0 Å². The second-order valence-corrected chi connectivity index (χ2v) is 6.13. The van der Waals surface area contributed by atoms with Crippen molar-refractivity contribution in [3.05, 3.63) is 47.2 Å². The predicted octanol–water partition coefficient (Wildman–Crippen LogP) is 2.78. The average molecular weight is 342 g/mol. The zero-order chi connectivity index (χ0) is 18.0. The van der Waals surface area contributed by atoms with Gasteiger partial charge in [0.2, 0.25) is 0 Å². The van der Waals surface area contributed by atoms with E-state index in [1.54, 1.807) is 13.4 Å². The second-order valence-electron chi connectivity index (χ2n) is 6.13. The number of hydrogen-bond donors (Lipinski definition) is 1. The maximum atomic E-state index is 12.7. The Morgan fingerprint density at radius 1 is 1.40 bits per heavy atom. The molecule has 1 unspecified atom stereocenters. The van der Waals surface area contributed by atoms with Gasteiger partial charge in [-0.05, 0) is 32.4 Å². The Morgan fingerprint density at radius 3 is 2.96 bits per heavy atom. The summed E-state index contributed by atoms with van der Waals surface area (Å²) in [5.74, 6) is 0.741. The van der Waals surface area contributed by atoms with Crippen LogP contribution in [0.3, 0.4) is 0 Å². The standard InChI is InChI=1S/C18H22N4O3/c1-11-5-6-14-12(2)16(25-15(14)9-11)18(23)20-13(3)17-21-19-10-22(17)7-8-24-4/h5-6,9-10,13H,7-8H2,1-4H3,(H,20,23). The number of benzene rings is 1. The number of carbonyl (C=O) groups is 1. The van der Waals surface area contributed by atoms with Gasteiger partial charge in [0.1, 0.15) is 11.9 Å². The van der Waals surface area contributed by atoms with E-state index in [2.05, 4.69) is 15.5 Å². The van der Waals surface area contributed by atoms with Gasteiger partial charge < -0.3 is 19.0 Å². The fourth-order valence-electron chi connectivity index (χ4n) is 2.84. The van der Waals surface area contributed by atoms with Crippen molar-refractivity contribution in [3.8, 4) is 0 Å². The van der Waals surface area contributed by atoms with Crippen LogP contribution >= 0.6 is 0 Å². The first-order chi connectivity index (χ1) is 12.0. The maximum Gasteiger partial charge on any atom is 0.287 e. The van der Waals surface area contributed by atoms with Crippen molar-refractivity contribution in [2.24, 2.45) is 0 Å². The molecule has 1 amide bonds. The van der Waals surface area contributed by atoms with Crippen LogP contribution in [0, 0.1) is 13.8 Å². The summed E-state index contributed by atoms with van der Waals surface area (Å²) in [4.78, 5) is 12.7. The SMILES string of the molecule is COCCn1cnnc1C(C)NC(=O)c1oc2cc(C)ccc2c1C. The molecule has 0 aliphatic carbocycles. The Kier molecular flexibility index (Phi) is 4.85. The summed E-state index contributed by atoms with van der Waals surface area (Å²) in [5.41, 5.74) is 2.65. The Balaban J connectivity index is 1.80. The van der Waals surface area contributed by atoms with Gasteiger partial charge in [-0.2, -0.15) is 0 Å². The molecule has 2 heterocycles. The minimum absolute atomic E-state index is 0.264. The summed E-state index contributed by atoms with van der Waals surface area (Å²) < 4.78 is 12.7. The van der Waals surface area contributed by atoms with Crippen LogP contribution in [0.15, 0.2) is 28.9 Å². The van der Waals surface area contributed by atoms with Gasteiger partial charge in [0.15, 0.2) is 11.6 Å². The Labute approximate surface area is 146 Å². The molecule has 25 heavy (non-hydrogen) atoms. The van der Waals surface area contributed by atoms with E-state index in [4.69, 9.17) is 9.15 Å². The summed E-state index contributed by atoms with van der Waals surface area (Å²) in [7, 11) is 1.64. The number of hydrogen-bond acceptors (Lipinski definition) is 5. The second kappa shape index (κ2) is 7.06. The fraction of sp³-hybridized carbons (Fsp3) is 0.389. The highest BCUT2D eigenvalue weighted by Gasteiger charge is 2.22. The largest absolute Gasteiger partial charge is 0.451 e. The molecule has 0 saturated heterocycles. The molecule has 0 aliphatic heterocycles. The smallest absolute Gasteiger partial charge is 0.287 e. The number of nitrogens with zero attached hydrogens (tertiary/aromatic N) is 3. The minimum Gasteiger partial charge on any atom is -0.451 e. The topological polar surface area (TPSA) is 82.2 Å². The lowest BCUT2D eigenvalue weighted by atomic mass is 10.1. The van der Waals surface area contributed by atoms with E-state index < -0.39 is 0 Å². The molecule has 0 bridgehead atoms. The number of rotatable bonds is 6. The molecular weight excluding hydrogens is 320 g/mol. The first-order valence-corrected chi connectivity index (χ1v) is 8.18. The summed E-state index contributed by atoms with van der Waals surface area (Å²) in [5, 5.41) is 11.9. The van der Waals surface area contributed by atoms with Crippen LogP contribution in [0.25, 0.3) is 11.0 Å². The van der Waals surface area contributed by atoms with Gasteiger partial charge in [-0.1, -0.05) is 12.1 Å². The molecule has 0 fully saturated rings. The van der Waals surface area contributed by atoms with Crippen molar-refractivity contribution in [2.45, 2.75) is 33.4 Å². The Hall–Kier alpha value is -2.67. The molecule has 0 saturated carbocycles. The Bertz CT molecular complexity index is 897. The van der Waals surface area contributed by atoms with Gasteiger partial charge in [0, 0.05) is 24.6 Å². The number of aryl methyl sites for hydroxylation is 2. The monoisotopic (exact) mass is 342 g/mol. The third-order valence-electron chi connectivity index (χ3n) is 4.22. The summed E-state index contributed by atoms with van der Waals surface area (Å²) >= 11 is 0. The summed E-state index contributed by atoms with van der Waals surface area (Å²) in [6, 6.07) is 5.61. The van der Waals surface area contributed by atoms with Crippen molar-refractivity contribution in [2.75, 3.05) is 13.7 Å². The molecule has 0 radical (unpaired) electrons. The number of furan rings is 1. The number of nitrogens with one attached hydrogen (secondary N) is 1. The van der Waals surface area contributed by atoms with Crippen LogP contribution in [0.1, 0.15) is 40.5 Å². The van der Waals surface area contributed by atoms with Gasteiger partial charge in [-0.15, -0.1) is 10.2 Å². The lowest BCUT2D eigenvalue weighted by molar-refractivity contribution is 0.0910. The molecule has 1 atom stereocenters. The third-order valence-corrected chi connectivity index (χ3v) is 4.22. The fourth-order valence-corrected chi connectivity index (χ4v) is 2.84. The third kappa shape index (κ3) is 3.41. The van der Waals surface area contributed by atoms with Crippen LogP contribution < -0.4 is 5.32 Å². The van der Waals surface area contributed by atoms with Crippen LogP contribution in [0.2, 0.25) is 0 Å². The molecule has 0 spiro atoms. The number of methoxy groups -OCH3 is 1. The van der Waals surface area contributed by atoms with E-state index in [0.717, 1.165) is 22.1 Å². The maximum absolute atomic E-state index is 12.7.